The fourth-order valence-electron chi connectivity index (χ4n) is 0.935. The SMILES string of the molecule is Nc1c(OC(F)F)cccc1S(=O)(=O)Cl. The molecule has 0 bridgehead atoms. The highest BCUT2D eigenvalue weighted by molar-refractivity contribution is 8.13. The normalized spacial score (nSPS) is 11.7. The van der Waals surface area contributed by atoms with E-state index in [1.165, 1.54) is 6.07 Å². The van der Waals surface area contributed by atoms with Crippen LogP contribution in [0.2, 0.25) is 0 Å². The van der Waals surface area contributed by atoms with Crippen LogP contribution in [0.25, 0.3) is 0 Å². The molecule has 0 aliphatic heterocycles. The van der Waals surface area contributed by atoms with Gasteiger partial charge in [0.2, 0.25) is 0 Å². The van der Waals surface area contributed by atoms with Gasteiger partial charge in [0.25, 0.3) is 9.05 Å². The van der Waals surface area contributed by atoms with Crippen LogP contribution in [-0.4, -0.2) is 15.0 Å². The molecule has 0 saturated carbocycles. The average Bonchev–Trinajstić information content (AvgIpc) is 2.05. The van der Waals surface area contributed by atoms with Gasteiger partial charge in [-0.2, -0.15) is 8.78 Å². The molecule has 84 valence electrons. The Morgan fingerprint density at radius 3 is 2.47 bits per heavy atom. The van der Waals surface area contributed by atoms with E-state index in [2.05, 4.69) is 4.74 Å². The van der Waals surface area contributed by atoms with Crippen LogP contribution in [0.4, 0.5) is 14.5 Å². The molecule has 0 aliphatic rings. The van der Waals surface area contributed by atoms with Gasteiger partial charge in [0.05, 0.1) is 5.69 Å². The minimum Gasteiger partial charge on any atom is -0.433 e. The smallest absolute Gasteiger partial charge is 0.387 e. The van der Waals surface area contributed by atoms with Crippen molar-refractivity contribution in [2.75, 3.05) is 5.73 Å². The molecule has 8 heteroatoms. The number of alkyl halides is 2. The number of hydrogen-bond donors (Lipinski definition) is 1. The third-order valence-electron chi connectivity index (χ3n) is 1.50. The molecule has 4 nitrogen and oxygen atoms in total. The highest BCUT2D eigenvalue weighted by atomic mass is 35.7. The molecular formula is C7H6ClF2NO3S. The molecule has 0 spiro atoms. The number of benzene rings is 1. The summed E-state index contributed by atoms with van der Waals surface area (Å²) in [5.74, 6) is -0.424. The van der Waals surface area contributed by atoms with Crippen LogP contribution < -0.4 is 10.5 Å². The van der Waals surface area contributed by atoms with Gasteiger partial charge in [0, 0.05) is 10.7 Å². The van der Waals surface area contributed by atoms with E-state index < -0.39 is 32.0 Å². The minimum atomic E-state index is -4.07. The molecule has 1 aromatic carbocycles. The van der Waals surface area contributed by atoms with E-state index in [1.54, 1.807) is 0 Å². The molecule has 0 aliphatic carbocycles. The number of anilines is 1. The summed E-state index contributed by atoms with van der Waals surface area (Å²) in [4.78, 5) is -0.456. The molecular weight excluding hydrogens is 252 g/mol. The van der Waals surface area contributed by atoms with Gasteiger partial charge in [0.1, 0.15) is 10.6 Å². The van der Waals surface area contributed by atoms with Gasteiger partial charge in [0.15, 0.2) is 0 Å². The van der Waals surface area contributed by atoms with E-state index >= 15 is 0 Å². The van der Waals surface area contributed by atoms with Crippen LogP contribution in [0.3, 0.4) is 0 Å². The number of nitrogen functional groups attached to an aromatic ring is 1. The Kier molecular flexibility index (Phi) is 3.35. The van der Waals surface area contributed by atoms with Crippen LogP contribution in [0.15, 0.2) is 23.1 Å². The molecule has 0 fully saturated rings. The summed E-state index contributed by atoms with van der Waals surface area (Å²) in [5, 5.41) is 0. The Morgan fingerprint density at radius 2 is 2.00 bits per heavy atom. The van der Waals surface area contributed by atoms with Crippen LogP contribution in [0.1, 0.15) is 0 Å². The third kappa shape index (κ3) is 2.93. The van der Waals surface area contributed by atoms with Crippen molar-refractivity contribution in [2.24, 2.45) is 0 Å². The first-order chi connectivity index (χ1) is 6.82. The monoisotopic (exact) mass is 257 g/mol. The molecule has 2 N–H and O–H groups in total. The Bertz CT molecular complexity index is 463. The molecule has 1 aromatic rings. The number of nitrogens with two attached hydrogens (primary N) is 1. The Hall–Kier alpha value is -1.08. The van der Waals surface area contributed by atoms with Crippen molar-refractivity contribution in [3.05, 3.63) is 18.2 Å². The predicted molar refractivity (Wildman–Crippen MR) is 50.5 cm³/mol. The summed E-state index contributed by atoms with van der Waals surface area (Å²) in [6.45, 7) is -3.08. The summed E-state index contributed by atoms with van der Waals surface area (Å²) in [6, 6.07) is 3.41. The molecule has 0 aromatic heterocycles. The van der Waals surface area contributed by atoms with Crippen molar-refractivity contribution < 1.29 is 21.9 Å². The third-order valence-corrected chi connectivity index (χ3v) is 2.88. The van der Waals surface area contributed by atoms with Crippen LogP contribution in [0, 0.1) is 0 Å². The van der Waals surface area contributed by atoms with Gasteiger partial charge in [-0.25, -0.2) is 8.42 Å². The largest absolute Gasteiger partial charge is 0.433 e. The van der Waals surface area contributed by atoms with E-state index in [4.69, 9.17) is 16.4 Å². The second-order valence-electron chi connectivity index (χ2n) is 2.48. The lowest BCUT2D eigenvalue weighted by molar-refractivity contribution is -0.0494. The van der Waals surface area contributed by atoms with Gasteiger partial charge >= 0.3 is 6.61 Å². The molecule has 0 radical (unpaired) electrons. The Labute approximate surface area is 89.0 Å². The van der Waals surface area contributed by atoms with Crippen LogP contribution in [0.5, 0.6) is 5.75 Å². The van der Waals surface area contributed by atoms with E-state index in [9.17, 15) is 17.2 Å². The summed E-state index contributed by atoms with van der Waals surface area (Å²) in [7, 11) is 0.952. The van der Waals surface area contributed by atoms with Gasteiger partial charge in [-0.1, -0.05) is 6.07 Å². The first-order valence-corrected chi connectivity index (χ1v) is 5.91. The molecule has 1 rings (SSSR count). The fourth-order valence-corrected chi connectivity index (χ4v) is 1.94. The standard InChI is InChI=1S/C7H6ClF2NO3S/c8-15(12,13)5-3-1-2-4(6(5)11)14-7(9)10/h1-3,7H,11H2. The summed E-state index contributed by atoms with van der Waals surface area (Å²) in [5.41, 5.74) is 4.86. The van der Waals surface area contributed by atoms with Crippen molar-refractivity contribution in [3.8, 4) is 5.75 Å². The number of para-hydroxylation sites is 1. The average molecular weight is 258 g/mol. The van der Waals surface area contributed by atoms with Crippen molar-refractivity contribution in [3.63, 3.8) is 0 Å². The first kappa shape index (κ1) is 12.0. The zero-order chi connectivity index (χ0) is 11.6. The van der Waals surface area contributed by atoms with Gasteiger partial charge in [-0.3, -0.25) is 0 Å². The number of rotatable bonds is 3. The van der Waals surface area contributed by atoms with E-state index in [1.807, 2.05) is 0 Å². The number of ether oxygens (including phenoxy) is 1. The molecule has 0 amide bonds. The predicted octanol–water partition coefficient (Wildman–Crippen LogP) is 1.80. The molecule has 0 saturated heterocycles. The second kappa shape index (κ2) is 4.19. The number of halogens is 3. The summed E-state index contributed by atoms with van der Waals surface area (Å²) >= 11 is 0. The maximum atomic E-state index is 11.9. The van der Waals surface area contributed by atoms with E-state index in [-0.39, 0.29) is 0 Å². The fraction of sp³-hybridized carbons (Fsp3) is 0.143. The van der Waals surface area contributed by atoms with Crippen molar-refractivity contribution in [2.45, 2.75) is 11.5 Å². The quantitative estimate of drug-likeness (QED) is 0.662. The first-order valence-electron chi connectivity index (χ1n) is 3.60. The van der Waals surface area contributed by atoms with Crippen LogP contribution in [-0.2, 0) is 9.05 Å². The lowest BCUT2D eigenvalue weighted by Crippen LogP contribution is -2.06. The van der Waals surface area contributed by atoms with Crippen molar-refractivity contribution >= 4 is 25.4 Å². The van der Waals surface area contributed by atoms with Crippen molar-refractivity contribution in [1.29, 1.82) is 0 Å². The van der Waals surface area contributed by atoms with Crippen LogP contribution >= 0.6 is 10.7 Å². The maximum absolute atomic E-state index is 11.9. The topological polar surface area (TPSA) is 69.4 Å². The van der Waals surface area contributed by atoms with E-state index in [0.717, 1.165) is 12.1 Å². The Morgan fingerprint density at radius 1 is 1.40 bits per heavy atom. The molecule has 15 heavy (non-hydrogen) atoms. The molecule has 0 unspecified atom stereocenters. The van der Waals surface area contributed by atoms with Gasteiger partial charge < -0.3 is 10.5 Å². The lowest BCUT2D eigenvalue weighted by atomic mass is 10.3. The highest BCUT2D eigenvalue weighted by Gasteiger charge is 2.18. The zero-order valence-electron chi connectivity index (χ0n) is 7.15. The lowest BCUT2D eigenvalue weighted by Gasteiger charge is -2.09. The Balaban J connectivity index is 3.24. The maximum Gasteiger partial charge on any atom is 0.387 e. The molecule has 0 heterocycles. The van der Waals surface area contributed by atoms with Gasteiger partial charge in [-0.05, 0) is 12.1 Å². The van der Waals surface area contributed by atoms with E-state index in [0.29, 0.717) is 0 Å². The second-order valence-corrected chi connectivity index (χ2v) is 5.02. The van der Waals surface area contributed by atoms with Crippen molar-refractivity contribution in [1.82, 2.24) is 0 Å². The summed E-state index contributed by atoms with van der Waals surface area (Å²) in [6.07, 6.45) is 0. The van der Waals surface area contributed by atoms with Gasteiger partial charge in [-0.15, -0.1) is 0 Å². The zero-order valence-corrected chi connectivity index (χ0v) is 8.73. The molecule has 0 atom stereocenters. The highest BCUT2D eigenvalue weighted by Crippen LogP contribution is 2.31. The number of hydrogen-bond acceptors (Lipinski definition) is 4. The minimum absolute atomic E-state index is 0.424. The summed E-state index contributed by atoms with van der Waals surface area (Å²) < 4.78 is 49.6.